The highest BCUT2D eigenvalue weighted by molar-refractivity contribution is 7.89. The SMILES string of the molecule is O=C(O)[C@H](Cc1ccccc1)Nc1cc(S(=O)(=O)N2CCCC2)ccn1. The number of hydrogen-bond donors (Lipinski definition) is 2. The Bertz CT molecular complexity index is 865. The second-order valence-electron chi connectivity index (χ2n) is 6.21. The highest BCUT2D eigenvalue weighted by atomic mass is 32.2. The topological polar surface area (TPSA) is 99.6 Å². The maximum Gasteiger partial charge on any atom is 0.326 e. The van der Waals surface area contributed by atoms with E-state index in [9.17, 15) is 18.3 Å². The summed E-state index contributed by atoms with van der Waals surface area (Å²) in [7, 11) is -3.57. The van der Waals surface area contributed by atoms with Crippen molar-refractivity contribution in [2.45, 2.75) is 30.2 Å². The van der Waals surface area contributed by atoms with Gasteiger partial charge in [0.05, 0.1) is 4.90 Å². The fourth-order valence-electron chi connectivity index (χ4n) is 2.96. The van der Waals surface area contributed by atoms with Crippen molar-refractivity contribution in [3.05, 3.63) is 54.2 Å². The van der Waals surface area contributed by atoms with Crippen LogP contribution < -0.4 is 5.32 Å². The lowest BCUT2D eigenvalue weighted by Gasteiger charge is -2.18. The van der Waals surface area contributed by atoms with E-state index in [0.717, 1.165) is 18.4 Å². The van der Waals surface area contributed by atoms with Gasteiger partial charge in [0.1, 0.15) is 11.9 Å². The molecule has 1 atom stereocenters. The number of hydrogen-bond acceptors (Lipinski definition) is 5. The van der Waals surface area contributed by atoms with Crippen LogP contribution in [0.1, 0.15) is 18.4 Å². The summed E-state index contributed by atoms with van der Waals surface area (Å²) in [6.45, 7) is 1.03. The second-order valence-corrected chi connectivity index (χ2v) is 8.15. The highest BCUT2D eigenvalue weighted by Crippen LogP contribution is 2.22. The quantitative estimate of drug-likeness (QED) is 0.768. The Morgan fingerprint density at radius 3 is 2.54 bits per heavy atom. The summed E-state index contributed by atoms with van der Waals surface area (Å²) in [6.07, 6.45) is 3.36. The van der Waals surface area contributed by atoms with Crippen molar-refractivity contribution in [1.82, 2.24) is 9.29 Å². The van der Waals surface area contributed by atoms with Crippen molar-refractivity contribution >= 4 is 21.8 Å². The zero-order chi connectivity index (χ0) is 18.6. The maximum atomic E-state index is 12.7. The van der Waals surface area contributed by atoms with Crippen molar-refractivity contribution in [2.75, 3.05) is 18.4 Å². The van der Waals surface area contributed by atoms with Crippen LogP contribution in [-0.2, 0) is 21.2 Å². The molecule has 7 nitrogen and oxygen atoms in total. The first-order valence-corrected chi connectivity index (χ1v) is 9.90. The molecule has 0 aliphatic carbocycles. The molecule has 2 heterocycles. The van der Waals surface area contributed by atoms with Crippen molar-refractivity contribution in [1.29, 1.82) is 0 Å². The smallest absolute Gasteiger partial charge is 0.326 e. The minimum Gasteiger partial charge on any atom is -0.480 e. The fourth-order valence-corrected chi connectivity index (χ4v) is 4.49. The molecule has 1 saturated heterocycles. The average molecular weight is 375 g/mol. The van der Waals surface area contributed by atoms with Crippen LogP contribution in [0.2, 0.25) is 0 Å². The van der Waals surface area contributed by atoms with Gasteiger partial charge in [-0.1, -0.05) is 30.3 Å². The third-order valence-corrected chi connectivity index (χ3v) is 6.23. The number of carbonyl (C=O) groups is 1. The molecule has 1 aromatic heterocycles. The van der Waals surface area contributed by atoms with E-state index in [1.165, 1.54) is 22.6 Å². The summed E-state index contributed by atoms with van der Waals surface area (Å²) in [4.78, 5) is 15.8. The summed E-state index contributed by atoms with van der Waals surface area (Å²) in [5.41, 5.74) is 0.869. The number of pyridine rings is 1. The predicted octanol–water partition coefficient (Wildman–Crippen LogP) is 1.97. The Kier molecular flexibility index (Phi) is 5.53. The van der Waals surface area contributed by atoms with Crippen molar-refractivity contribution in [2.24, 2.45) is 0 Å². The zero-order valence-corrected chi connectivity index (χ0v) is 15.0. The number of nitrogens with one attached hydrogen (secondary N) is 1. The lowest BCUT2D eigenvalue weighted by molar-refractivity contribution is -0.137. The normalized spacial score (nSPS) is 16.3. The molecule has 26 heavy (non-hydrogen) atoms. The molecule has 0 spiro atoms. The molecule has 1 aromatic carbocycles. The fraction of sp³-hybridized carbons (Fsp3) is 0.333. The van der Waals surface area contributed by atoms with Crippen LogP contribution in [0.5, 0.6) is 0 Å². The second kappa shape index (κ2) is 7.84. The monoisotopic (exact) mass is 375 g/mol. The Balaban J connectivity index is 1.79. The molecule has 0 saturated carbocycles. The lowest BCUT2D eigenvalue weighted by Crippen LogP contribution is -2.32. The van der Waals surface area contributed by atoms with E-state index in [4.69, 9.17) is 0 Å². The largest absolute Gasteiger partial charge is 0.480 e. The first-order valence-electron chi connectivity index (χ1n) is 8.46. The minimum atomic E-state index is -3.57. The first-order chi connectivity index (χ1) is 12.5. The van der Waals surface area contributed by atoms with Gasteiger partial charge in [-0.05, 0) is 24.5 Å². The van der Waals surface area contributed by atoms with Crippen LogP contribution in [0.4, 0.5) is 5.82 Å². The van der Waals surface area contributed by atoms with Crippen LogP contribution in [0.3, 0.4) is 0 Å². The molecular weight excluding hydrogens is 354 g/mol. The molecule has 2 aromatic rings. The number of carboxylic acid groups (broad SMARTS) is 1. The number of rotatable bonds is 7. The van der Waals surface area contributed by atoms with Gasteiger partial charge in [0.15, 0.2) is 0 Å². The molecule has 0 unspecified atom stereocenters. The highest BCUT2D eigenvalue weighted by Gasteiger charge is 2.28. The minimum absolute atomic E-state index is 0.126. The van der Waals surface area contributed by atoms with Gasteiger partial charge in [0.2, 0.25) is 10.0 Å². The number of aromatic nitrogens is 1. The van der Waals surface area contributed by atoms with Gasteiger partial charge in [0.25, 0.3) is 0 Å². The van der Waals surface area contributed by atoms with Gasteiger partial charge >= 0.3 is 5.97 Å². The summed E-state index contributed by atoms with van der Waals surface area (Å²) in [5.74, 6) is -0.794. The Hall–Kier alpha value is -2.45. The lowest BCUT2D eigenvalue weighted by atomic mass is 10.1. The van der Waals surface area contributed by atoms with Crippen LogP contribution in [0, 0.1) is 0 Å². The Morgan fingerprint density at radius 1 is 1.19 bits per heavy atom. The van der Waals surface area contributed by atoms with E-state index in [2.05, 4.69) is 10.3 Å². The average Bonchev–Trinajstić information content (AvgIpc) is 3.18. The molecule has 0 bridgehead atoms. The summed E-state index contributed by atoms with van der Waals surface area (Å²) >= 11 is 0. The summed E-state index contributed by atoms with van der Waals surface area (Å²) < 4.78 is 26.8. The van der Waals surface area contributed by atoms with Crippen LogP contribution in [0.25, 0.3) is 0 Å². The number of aliphatic carboxylic acids is 1. The Labute approximate surface area is 152 Å². The van der Waals surface area contributed by atoms with E-state index >= 15 is 0 Å². The van der Waals surface area contributed by atoms with E-state index < -0.39 is 22.0 Å². The molecule has 1 aliphatic rings. The van der Waals surface area contributed by atoms with Crippen LogP contribution in [-0.4, -0.2) is 47.9 Å². The van der Waals surface area contributed by atoms with Gasteiger partial charge in [-0.3, -0.25) is 0 Å². The van der Waals surface area contributed by atoms with Gasteiger partial charge < -0.3 is 10.4 Å². The van der Waals surface area contributed by atoms with Crippen LogP contribution in [0.15, 0.2) is 53.6 Å². The van der Waals surface area contributed by atoms with E-state index in [1.807, 2.05) is 30.3 Å². The van der Waals surface area contributed by atoms with Crippen molar-refractivity contribution < 1.29 is 18.3 Å². The molecular formula is C18H21N3O4S. The third kappa shape index (κ3) is 4.20. The summed E-state index contributed by atoms with van der Waals surface area (Å²) in [5, 5.41) is 12.3. The van der Waals surface area contributed by atoms with Gasteiger partial charge in [-0.25, -0.2) is 18.2 Å². The maximum absolute atomic E-state index is 12.7. The molecule has 0 radical (unpaired) electrons. The molecule has 1 aliphatic heterocycles. The molecule has 138 valence electrons. The van der Waals surface area contributed by atoms with Crippen molar-refractivity contribution in [3.63, 3.8) is 0 Å². The third-order valence-electron chi connectivity index (χ3n) is 4.34. The standard InChI is InChI=1S/C18H21N3O4S/c22-18(23)16(12-14-6-2-1-3-7-14)20-17-13-15(8-9-19-17)26(24,25)21-10-4-5-11-21/h1-3,6-9,13,16H,4-5,10-12H2,(H,19,20)(H,22,23)/t16-/m0/s1. The Morgan fingerprint density at radius 2 is 1.88 bits per heavy atom. The number of anilines is 1. The van der Waals surface area contributed by atoms with E-state index in [1.54, 1.807) is 0 Å². The molecule has 3 rings (SSSR count). The molecule has 0 amide bonds. The van der Waals surface area contributed by atoms with Crippen LogP contribution >= 0.6 is 0 Å². The van der Waals surface area contributed by atoms with E-state index in [-0.39, 0.29) is 17.1 Å². The zero-order valence-electron chi connectivity index (χ0n) is 14.2. The van der Waals surface area contributed by atoms with E-state index in [0.29, 0.717) is 13.1 Å². The van der Waals surface area contributed by atoms with Gasteiger partial charge in [-0.15, -0.1) is 0 Å². The molecule has 8 heteroatoms. The number of benzene rings is 1. The predicted molar refractivity (Wildman–Crippen MR) is 97.4 cm³/mol. The number of sulfonamides is 1. The molecule has 1 fully saturated rings. The summed E-state index contributed by atoms with van der Waals surface area (Å²) in [6, 6.07) is 11.2. The van der Waals surface area contributed by atoms with Crippen molar-refractivity contribution in [3.8, 4) is 0 Å². The van der Waals surface area contributed by atoms with Gasteiger partial charge in [-0.2, -0.15) is 4.31 Å². The molecule has 2 N–H and O–H groups in total. The number of carboxylic acids is 1. The first kappa shape index (κ1) is 18.3. The number of nitrogens with zero attached hydrogens (tertiary/aromatic N) is 2. The van der Waals surface area contributed by atoms with Gasteiger partial charge in [0, 0.05) is 31.8 Å².